The minimum absolute atomic E-state index is 0.315. The van der Waals surface area contributed by atoms with Crippen molar-refractivity contribution in [1.82, 2.24) is 0 Å². The number of nitrogens with one attached hydrogen (secondary N) is 1. The first-order valence-electron chi connectivity index (χ1n) is 9.82. The topological polar surface area (TPSA) is 37.1 Å². The van der Waals surface area contributed by atoms with Crippen LogP contribution in [-0.2, 0) is 0 Å². The molecule has 3 aromatic rings. The third kappa shape index (κ3) is 4.58. The van der Waals surface area contributed by atoms with Gasteiger partial charge in [-0.3, -0.25) is 0 Å². The van der Waals surface area contributed by atoms with Crippen LogP contribution < -0.4 is 14.5 Å². The van der Waals surface area contributed by atoms with Gasteiger partial charge in [0.2, 0.25) is 0 Å². The normalized spacial score (nSPS) is 16.3. The number of halogens is 1. The average Bonchev–Trinajstić information content (AvgIpc) is 2.73. The molecule has 1 fully saturated rings. The second-order valence-corrected chi connectivity index (χ2v) is 7.80. The lowest BCUT2D eigenvalue weighted by atomic mass is 10.1. The van der Waals surface area contributed by atoms with Gasteiger partial charge in [0.15, 0.2) is 0 Å². The SMILES string of the molecule is O[C@@H](COc1cccc2ccccc12)C[NH+]1CCN(c2cccc(Cl)c2)CC1. The number of anilines is 1. The zero-order valence-electron chi connectivity index (χ0n) is 15.9. The molecule has 4 rings (SSSR count). The molecule has 2 N–H and O–H groups in total. The van der Waals surface area contributed by atoms with Crippen LogP contribution in [0, 0.1) is 0 Å². The lowest BCUT2D eigenvalue weighted by molar-refractivity contribution is -0.903. The van der Waals surface area contributed by atoms with Crippen molar-refractivity contribution in [1.29, 1.82) is 0 Å². The molecule has 146 valence electrons. The smallest absolute Gasteiger partial charge is 0.137 e. The predicted molar refractivity (Wildman–Crippen MR) is 115 cm³/mol. The van der Waals surface area contributed by atoms with Crippen LogP contribution in [0.3, 0.4) is 0 Å². The van der Waals surface area contributed by atoms with Crippen LogP contribution in [0.1, 0.15) is 0 Å². The second kappa shape index (κ2) is 8.82. The first-order chi connectivity index (χ1) is 13.7. The van der Waals surface area contributed by atoms with E-state index in [1.807, 2.05) is 42.5 Å². The number of hydrogen-bond acceptors (Lipinski definition) is 3. The van der Waals surface area contributed by atoms with Crippen molar-refractivity contribution in [3.63, 3.8) is 0 Å². The monoisotopic (exact) mass is 397 g/mol. The van der Waals surface area contributed by atoms with Gasteiger partial charge in [0.1, 0.15) is 25.0 Å². The Balaban J connectivity index is 1.27. The maximum Gasteiger partial charge on any atom is 0.137 e. The Bertz CT molecular complexity index is 920. The molecule has 1 saturated heterocycles. The molecule has 0 aromatic heterocycles. The van der Waals surface area contributed by atoms with Crippen LogP contribution in [-0.4, -0.2) is 50.5 Å². The summed E-state index contributed by atoms with van der Waals surface area (Å²) in [5.41, 5.74) is 1.17. The minimum Gasteiger partial charge on any atom is -0.490 e. The maximum atomic E-state index is 10.5. The molecule has 3 aromatic carbocycles. The fourth-order valence-corrected chi connectivity index (χ4v) is 4.04. The first kappa shape index (κ1) is 19.1. The Morgan fingerprint density at radius 3 is 2.57 bits per heavy atom. The number of fused-ring (bicyclic) bond motifs is 1. The third-order valence-electron chi connectivity index (χ3n) is 5.35. The van der Waals surface area contributed by atoms with Gasteiger partial charge >= 0.3 is 0 Å². The van der Waals surface area contributed by atoms with E-state index in [0.717, 1.165) is 47.7 Å². The molecule has 5 heteroatoms. The number of nitrogens with zero attached hydrogens (tertiary/aromatic N) is 1. The highest BCUT2D eigenvalue weighted by Crippen LogP contribution is 2.25. The lowest BCUT2D eigenvalue weighted by Crippen LogP contribution is -3.16. The van der Waals surface area contributed by atoms with Gasteiger partial charge in [-0.15, -0.1) is 0 Å². The van der Waals surface area contributed by atoms with Crippen LogP contribution in [0.5, 0.6) is 5.75 Å². The number of aliphatic hydroxyl groups excluding tert-OH is 1. The minimum atomic E-state index is -0.480. The van der Waals surface area contributed by atoms with E-state index in [-0.39, 0.29) is 0 Å². The molecule has 1 heterocycles. The van der Waals surface area contributed by atoms with Crippen LogP contribution in [0.4, 0.5) is 5.69 Å². The zero-order chi connectivity index (χ0) is 19.3. The average molecular weight is 398 g/mol. The lowest BCUT2D eigenvalue weighted by Gasteiger charge is -2.34. The van der Waals surface area contributed by atoms with Crippen molar-refractivity contribution in [3.8, 4) is 5.75 Å². The van der Waals surface area contributed by atoms with Gasteiger partial charge in [-0.05, 0) is 29.7 Å². The maximum absolute atomic E-state index is 10.5. The van der Waals surface area contributed by atoms with E-state index in [9.17, 15) is 5.11 Å². The van der Waals surface area contributed by atoms with E-state index in [1.54, 1.807) is 0 Å². The Morgan fingerprint density at radius 2 is 1.75 bits per heavy atom. The number of quaternary nitrogens is 1. The molecule has 4 nitrogen and oxygen atoms in total. The summed E-state index contributed by atoms with van der Waals surface area (Å²) in [4.78, 5) is 3.77. The van der Waals surface area contributed by atoms with Gasteiger partial charge < -0.3 is 19.6 Å². The quantitative estimate of drug-likeness (QED) is 0.671. The van der Waals surface area contributed by atoms with Gasteiger partial charge in [-0.25, -0.2) is 0 Å². The van der Waals surface area contributed by atoms with Crippen molar-refractivity contribution >= 4 is 28.1 Å². The summed E-state index contributed by atoms with van der Waals surface area (Å²) in [5, 5.41) is 13.5. The number of piperazine rings is 1. The number of benzene rings is 3. The van der Waals surface area contributed by atoms with Crippen molar-refractivity contribution in [2.75, 3.05) is 44.2 Å². The summed E-state index contributed by atoms with van der Waals surface area (Å²) >= 11 is 6.10. The molecular weight excluding hydrogens is 372 g/mol. The van der Waals surface area contributed by atoms with Crippen LogP contribution in [0.15, 0.2) is 66.7 Å². The molecular formula is C23H26ClN2O2+. The highest BCUT2D eigenvalue weighted by Gasteiger charge is 2.23. The van der Waals surface area contributed by atoms with Gasteiger partial charge in [0.05, 0.1) is 26.2 Å². The van der Waals surface area contributed by atoms with Gasteiger partial charge in [0, 0.05) is 16.1 Å². The van der Waals surface area contributed by atoms with Crippen molar-refractivity contribution < 1.29 is 14.7 Å². The molecule has 28 heavy (non-hydrogen) atoms. The molecule has 1 aliphatic heterocycles. The molecule has 0 bridgehead atoms. The van der Waals surface area contributed by atoms with Gasteiger partial charge in [0.25, 0.3) is 0 Å². The largest absolute Gasteiger partial charge is 0.490 e. The molecule has 0 aliphatic carbocycles. The second-order valence-electron chi connectivity index (χ2n) is 7.36. The van der Waals surface area contributed by atoms with E-state index in [4.69, 9.17) is 16.3 Å². The van der Waals surface area contributed by atoms with E-state index in [2.05, 4.69) is 29.2 Å². The van der Waals surface area contributed by atoms with Gasteiger partial charge in [-0.1, -0.05) is 54.1 Å². The molecule has 0 spiro atoms. The summed E-state index contributed by atoms with van der Waals surface area (Å²) in [7, 11) is 0. The summed E-state index contributed by atoms with van der Waals surface area (Å²) in [6.45, 7) is 4.94. The van der Waals surface area contributed by atoms with Crippen LogP contribution in [0.25, 0.3) is 10.8 Å². The zero-order valence-corrected chi connectivity index (χ0v) is 16.6. The van der Waals surface area contributed by atoms with Gasteiger partial charge in [-0.2, -0.15) is 0 Å². The number of ether oxygens (including phenoxy) is 1. The Morgan fingerprint density at radius 1 is 1.00 bits per heavy atom. The summed E-state index contributed by atoms with van der Waals surface area (Å²) in [5.74, 6) is 0.831. The van der Waals surface area contributed by atoms with E-state index >= 15 is 0 Å². The molecule has 1 atom stereocenters. The Labute approximate surface area is 170 Å². The summed E-state index contributed by atoms with van der Waals surface area (Å²) in [6, 6.07) is 22.2. The fourth-order valence-electron chi connectivity index (χ4n) is 3.86. The molecule has 0 unspecified atom stereocenters. The summed E-state index contributed by atoms with van der Waals surface area (Å²) < 4.78 is 5.94. The molecule has 0 radical (unpaired) electrons. The first-order valence-corrected chi connectivity index (χ1v) is 10.2. The number of aliphatic hydroxyl groups is 1. The highest BCUT2D eigenvalue weighted by molar-refractivity contribution is 6.30. The number of hydrogen-bond donors (Lipinski definition) is 2. The van der Waals surface area contributed by atoms with Crippen molar-refractivity contribution in [3.05, 3.63) is 71.8 Å². The van der Waals surface area contributed by atoms with E-state index in [0.29, 0.717) is 13.2 Å². The fraction of sp³-hybridized carbons (Fsp3) is 0.304. The molecule has 0 amide bonds. The number of rotatable bonds is 6. The molecule has 0 saturated carbocycles. The highest BCUT2D eigenvalue weighted by atomic mass is 35.5. The standard InChI is InChI=1S/C23H25ClN2O2/c24-19-7-4-8-20(15-19)26-13-11-25(12-14-26)16-21(27)17-28-23-10-3-6-18-5-1-2-9-22(18)23/h1-10,15,21,27H,11-14,16-17H2/p+1/t21-/m1/s1. The predicted octanol–water partition coefficient (Wildman–Crippen LogP) is 2.64. The van der Waals surface area contributed by atoms with Crippen molar-refractivity contribution in [2.24, 2.45) is 0 Å². The summed E-state index contributed by atoms with van der Waals surface area (Å²) in [6.07, 6.45) is -0.480. The van der Waals surface area contributed by atoms with E-state index < -0.39 is 6.10 Å². The Hall–Kier alpha value is -2.27. The van der Waals surface area contributed by atoms with Crippen molar-refractivity contribution in [2.45, 2.75) is 6.10 Å². The third-order valence-corrected chi connectivity index (χ3v) is 5.58. The van der Waals surface area contributed by atoms with E-state index in [1.165, 1.54) is 10.6 Å². The molecule has 1 aliphatic rings. The Kier molecular flexibility index (Phi) is 6.01. The van der Waals surface area contributed by atoms with Crippen LogP contribution in [0.2, 0.25) is 5.02 Å². The van der Waals surface area contributed by atoms with Crippen LogP contribution >= 0.6 is 11.6 Å².